The van der Waals surface area contributed by atoms with Crippen LogP contribution in [-0.2, 0) is 13.1 Å². The van der Waals surface area contributed by atoms with Crippen molar-refractivity contribution >= 4 is 11.7 Å². The van der Waals surface area contributed by atoms with Crippen LogP contribution in [0.3, 0.4) is 0 Å². The molecule has 2 amide bonds. The van der Waals surface area contributed by atoms with Gasteiger partial charge in [-0.2, -0.15) is 13.9 Å². The van der Waals surface area contributed by atoms with Crippen LogP contribution >= 0.6 is 0 Å². The van der Waals surface area contributed by atoms with E-state index in [1.807, 2.05) is 24.3 Å². The second-order valence-corrected chi connectivity index (χ2v) is 7.53. The summed E-state index contributed by atoms with van der Waals surface area (Å²) in [5.74, 6) is 0.356. The third-order valence-corrected chi connectivity index (χ3v) is 5.30. The summed E-state index contributed by atoms with van der Waals surface area (Å²) in [6.07, 6.45) is 0.966. The molecule has 32 heavy (non-hydrogen) atoms. The van der Waals surface area contributed by atoms with Gasteiger partial charge >= 0.3 is 11.7 Å². The minimum absolute atomic E-state index is 0.151. The predicted molar refractivity (Wildman–Crippen MR) is 115 cm³/mol. The molecule has 0 saturated carbocycles. The number of nitrogens with two attached hydrogens (primary N) is 1. The number of halogens is 2. The number of aryl methyl sites for hydroxylation is 1. The van der Waals surface area contributed by atoms with Crippen molar-refractivity contribution < 1.29 is 13.6 Å². The third kappa shape index (κ3) is 3.89. The molecule has 0 aliphatic carbocycles. The van der Waals surface area contributed by atoms with Gasteiger partial charge in [0.2, 0.25) is 0 Å². The van der Waals surface area contributed by atoms with E-state index in [-0.39, 0.29) is 24.7 Å². The number of aromatic nitrogens is 4. The number of nitrogens with zero attached hydrogens (tertiary/aromatic N) is 5. The number of fused-ring (bicyclic) bond motifs is 1. The average Bonchev–Trinajstić information content (AvgIpc) is 3.12. The Kier molecular flexibility index (Phi) is 5.57. The Hall–Kier alpha value is -3.86. The summed E-state index contributed by atoms with van der Waals surface area (Å²) in [6.45, 7) is 1.54. The number of nitrogens with one attached hydrogen (secondary N) is 1. The molecule has 1 aliphatic heterocycles. The quantitative estimate of drug-likeness (QED) is 0.632. The lowest BCUT2D eigenvalue weighted by molar-refractivity contribution is 0.218. The fourth-order valence-corrected chi connectivity index (χ4v) is 3.51. The Bertz CT molecular complexity index is 1290. The van der Waals surface area contributed by atoms with E-state index in [1.165, 1.54) is 10.9 Å². The molecule has 3 heterocycles. The first-order valence-electron chi connectivity index (χ1n) is 9.78. The van der Waals surface area contributed by atoms with Crippen LogP contribution in [0.4, 0.5) is 19.3 Å². The highest BCUT2D eigenvalue weighted by atomic mass is 19.3. The fraction of sp³-hybridized carbons (Fsp3) is 0.238. The topological polar surface area (TPSA) is 111 Å². The van der Waals surface area contributed by atoms with Gasteiger partial charge in [0.15, 0.2) is 0 Å². The number of urea groups is 1. The van der Waals surface area contributed by atoms with Crippen molar-refractivity contribution in [3.05, 3.63) is 70.1 Å². The van der Waals surface area contributed by atoms with Gasteiger partial charge < -0.3 is 16.0 Å². The second kappa shape index (κ2) is 8.35. The van der Waals surface area contributed by atoms with Crippen LogP contribution in [0.2, 0.25) is 0 Å². The van der Waals surface area contributed by atoms with E-state index in [1.54, 1.807) is 25.1 Å². The molecule has 0 saturated heterocycles. The van der Waals surface area contributed by atoms with Crippen LogP contribution < -0.4 is 16.7 Å². The lowest BCUT2D eigenvalue weighted by Gasteiger charge is -2.26. The zero-order valence-corrected chi connectivity index (χ0v) is 17.5. The minimum atomic E-state index is -1.91. The van der Waals surface area contributed by atoms with Gasteiger partial charge in [0, 0.05) is 43.2 Å². The molecule has 0 spiro atoms. The van der Waals surface area contributed by atoms with E-state index in [0.717, 1.165) is 27.1 Å². The Morgan fingerprint density at radius 1 is 1.22 bits per heavy atom. The molecule has 0 radical (unpaired) electrons. The maximum Gasteiger partial charge on any atom is 0.351 e. The van der Waals surface area contributed by atoms with E-state index in [2.05, 4.69) is 15.4 Å². The van der Waals surface area contributed by atoms with Gasteiger partial charge in [-0.3, -0.25) is 0 Å². The number of amides is 2. The first kappa shape index (κ1) is 21.4. The number of benzene rings is 1. The Labute approximate surface area is 181 Å². The van der Waals surface area contributed by atoms with Gasteiger partial charge in [-0.25, -0.2) is 23.8 Å². The number of pyridine rings is 1. The van der Waals surface area contributed by atoms with Crippen LogP contribution in [0.5, 0.6) is 0 Å². The summed E-state index contributed by atoms with van der Waals surface area (Å²) in [6, 6.07) is 7.45. The van der Waals surface area contributed by atoms with E-state index >= 15 is 0 Å². The Morgan fingerprint density at radius 2 is 2.00 bits per heavy atom. The number of hydrogen-bond acceptors (Lipinski definition) is 5. The Morgan fingerprint density at radius 3 is 2.69 bits per heavy atom. The molecule has 1 aromatic carbocycles. The number of carbonyl (C=O) groups is 1. The van der Waals surface area contributed by atoms with Crippen LogP contribution in [0.25, 0.3) is 16.9 Å². The first-order chi connectivity index (χ1) is 15.3. The smallest absolute Gasteiger partial charge is 0.327 e. The molecule has 3 aromatic rings. The Balaban J connectivity index is 1.64. The summed E-state index contributed by atoms with van der Waals surface area (Å²) in [5, 5.41) is 6.74. The fourth-order valence-electron chi connectivity index (χ4n) is 3.51. The van der Waals surface area contributed by atoms with Crippen molar-refractivity contribution in [3.63, 3.8) is 0 Å². The maximum atomic E-state index is 12.9. The number of hydrogen-bond donors (Lipinski definition) is 2. The zero-order valence-electron chi connectivity index (χ0n) is 17.5. The maximum absolute atomic E-state index is 12.9. The van der Waals surface area contributed by atoms with Crippen molar-refractivity contribution in [2.24, 2.45) is 5.73 Å². The zero-order chi connectivity index (χ0) is 23.0. The highest BCUT2D eigenvalue weighted by molar-refractivity contribution is 5.92. The van der Waals surface area contributed by atoms with Crippen LogP contribution in [0, 0.1) is 6.92 Å². The lowest BCUT2D eigenvalue weighted by Crippen LogP contribution is -2.35. The van der Waals surface area contributed by atoms with E-state index in [4.69, 9.17) is 5.73 Å². The molecule has 0 bridgehead atoms. The standard InChI is InChI=1S/C21H21F2N7O2/c1-12-5-14(13-3-4-17-15(6-13)9-28(2)20(31)27-17)8-25-19(12)29-11-26-30(21(29)32)10-16(7-24)18(22)23/h3-6,8,11H,7,9-10,24H2,1-2H3,(H,27,31). The predicted octanol–water partition coefficient (Wildman–Crippen LogP) is 2.49. The monoisotopic (exact) mass is 441 g/mol. The minimum Gasteiger partial charge on any atom is -0.327 e. The molecule has 0 fully saturated rings. The van der Waals surface area contributed by atoms with Crippen LogP contribution in [0.15, 0.2) is 53.2 Å². The third-order valence-electron chi connectivity index (χ3n) is 5.30. The van der Waals surface area contributed by atoms with E-state index < -0.39 is 11.8 Å². The van der Waals surface area contributed by atoms with Crippen molar-refractivity contribution in [1.29, 1.82) is 0 Å². The van der Waals surface area contributed by atoms with Crippen LogP contribution in [-0.4, -0.2) is 43.9 Å². The first-order valence-corrected chi connectivity index (χ1v) is 9.78. The molecule has 166 valence electrons. The van der Waals surface area contributed by atoms with Crippen molar-refractivity contribution in [2.75, 3.05) is 18.9 Å². The molecule has 0 atom stereocenters. The van der Waals surface area contributed by atoms with Gasteiger partial charge in [0.1, 0.15) is 12.1 Å². The summed E-state index contributed by atoms with van der Waals surface area (Å²) < 4.78 is 27.9. The van der Waals surface area contributed by atoms with Gasteiger partial charge in [-0.15, -0.1) is 0 Å². The summed E-state index contributed by atoms with van der Waals surface area (Å²) >= 11 is 0. The number of rotatable bonds is 5. The molecule has 9 nitrogen and oxygen atoms in total. The summed E-state index contributed by atoms with van der Waals surface area (Å²) in [5.41, 5.74) is 8.58. The molecule has 1 aliphatic rings. The molecule has 4 rings (SSSR count). The molecular formula is C21H21F2N7O2. The van der Waals surface area contributed by atoms with Gasteiger partial charge in [0.25, 0.3) is 6.08 Å². The van der Waals surface area contributed by atoms with E-state index in [9.17, 15) is 18.4 Å². The SMILES string of the molecule is Cc1cc(-c2ccc3c(c2)CN(C)C(=O)N3)cnc1-n1cnn(CC(CN)=C(F)F)c1=O. The van der Waals surface area contributed by atoms with E-state index in [0.29, 0.717) is 17.9 Å². The van der Waals surface area contributed by atoms with Gasteiger partial charge in [-0.1, -0.05) is 6.07 Å². The van der Waals surface area contributed by atoms with Gasteiger partial charge in [0.05, 0.1) is 6.54 Å². The lowest BCUT2D eigenvalue weighted by atomic mass is 10.0. The molecule has 0 unspecified atom stereocenters. The van der Waals surface area contributed by atoms with Crippen molar-refractivity contribution in [3.8, 4) is 16.9 Å². The summed E-state index contributed by atoms with van der Waals surface area (Å²) in [7, 11) is 1.72. The second-order valence-electron chi connectivity index (χ2n) is 7.53. The molecule has 3 N–H and O–H groups in total. The van der Waals surface area contributed by atoms with Gasteiger partial charge in [-0.05, 0) is 41.8 Å². The molecular weight excluding hydrogens is 420 g/mol. The molecule has 2 aromatic heterocycles. The highest BCUT2D eigenvalue weighted by Gasteiger charge is 2.20. The average molecular weight is 441 g/mol. The largest absolute Gasteiger partial charge is 0.351 e. The van der Waals surface area contributed by atoms with Crippen molar-refractivity contribution in [1.82, 2.24) is 24.2 Å². The number of anilines is 1. The summed E-state index contributed by atoms with van der Waals surface area (Å²) in [4.78, 5) is 30.4. The van der Waals surface area contributed by atoms with Crippen molar-refractivity contribution in [2.45, 2.75) is 20.0 Å². The number of carbonyl (C=O) groups excluding carboxylic acids is 1. The van der Waals surface area contributed by atoms with Crippen LogP contribution in [0.1, 0.15) is 11.1 Å². The normalized spacial score (nSPS) is 13.0. The highest BCUT2D eigenvalue weighted by Crippen LogP contribution is 2.29. The molecule has 11 heteroatoms.